The van der Waals surface area contributed by atoms with Crippen LogP contribution in [0.2, 0.25) is 0 Å². The summed E-state index contributed by atoms with van der Waals surface area (Å²) in [6.07, 6.45) is 1.86. The number of alkyl halides is 1. The van der Waals surface area contributed by atoms with Crippen LogP contribution in [-0.2, 0) is 0 Å². The zero-order valence-electron chi connectivity index (χ0n) is 11.0. The van der Waals surface area contributed by atoms with E-state index in [-0.39, 0.29) is 23.9 Å². The lowest BCUT2D eigenvalue weighted by molar-refractivity contribution is -0.927. The Balaban J connectivity index is 0. The number of likely N-dealkylation sites (N-methyl/N-ethyl adjacent to an activating group) is 1. The van der Waals surface area contributed by atoms with Crippen LogP contribution in [0.5, 0.6) is 0 Å². The van der Waals surface area contributed by atoms with Crippen LogP contribution in [0.3, 0.4) is 0 Å². The molecule has 0 spiro atoms. The Hall–Kier alpha value is 0.500. The van der Waals surface area contributed by atoms with Gasteiger partial charge in [-0.15, -0.1) is 11.6 Å². The molecule has 0 aliphatic carbocycles. The van der Waals surface area contributed by atoms with E-state index in [0.717, 1.165) is 43.5 Å². The second-order valence-electron chi connectivity index (χ2n) is 4.52. The molecule has 0 rings (SSSR count). The molecule has 2 unspecified atom stereocenters. The van der Waals surface area contributed by atoms with E-state index in [1.54, 1.807) is 0 Å². The molecule has 0 aliphatic heterocycles. The van der Waals surface area contributed by atoms with Crippen LogP contribution in [-0.4, -0.2) is 47.2 Å². The summed E-state index contributed by atoms with van der Waals surface area (Å²) in [7, 11) is 0. The molecule has 2 nitrogen and oxygen atoms in total. The summed E-state index contributed by atoms with van der Waals surface area (Å²) >= 11 is 6.15. The standard InChI is InChI=1S/C12H27ClNO.ClH/c1-5-12(13)8-9-14(6-2,7-3)10-11(4)15;/h11-12,15H,5-10H2,1-4H3;1H/q+1;/p-1. The fraction of sp³-hybridized carbons (Fsp3) is 1.00. The van der Waals surface area contributed by atoms with Gasteiger partial charge in [0.15, 0.2) is 0 Å². The van der Waals surface area contributed by atoms with Gasteiger partial charge in [-0.1, -0.05) is 6.92 Å². The van der Waals surface area contributed by atoms with Gasteiger partial charge in [0.25, 0.3) is 0 Å². The predicted molar refractivity (Wildman–Crippen MR) is 67.3 cm³/mol. The summed E-state index contributed by atoms with van der Waals surface area (Å²) in [5, 5.41) is 9.81. The van der Waals surface area contributed by atoms with Gasteiger partial charge in [-0.2, -0.15) is 0 Å². The minimum absolute atomic E-state index is 0. The number of hydrogen-bond donors (Lipinski definition) is 1. The lowest BCUT2D eigenvalue weighted by Gasteiger charge is -2.38. The molecule has 4 heteroatoms. The van der Waals surface area contributed by atoms with Crippen molar-refractivity contribution in [2.75, 3.05) is 26.2 Å². The molecule has 100 valence electrons. The molecule has 2 atom stereocenters. The van der Waals surface area contributed by atoms with Crippen LogP contribution < -0.4 is 12.4 Å². The first-order valence-electron chi connectivity index (χ1n) is 6.16. The van der Waals surface area contributed by atoms with Crippen LogP contribution in [0.25, 0.3) is 0 Å². The first kappa shape index (κ1) is 18.9. The fourth-order valence-electron chi connectivity index (χ4n) is 2.07. The average Bonchev–Trinajstić information content (AvgIpc) is 2.23. The van der Waals surface area contributed by atoms with Crippen molar-refractivity contribution in [3.8, 4) is 0 Å². The van der Waals surface area contributed by atoms with E-state index < -0.39 is 0 Å². The maximum absolute atomic E-state index is 9.52. The minimum Gasteiger partial charge on any atom is -1.00 e. The Kier molecular flexibility index (Phi) is 11.2. The van der Waals surface area contributed by atoms with Gasteiger partial charge >= 0.3 is 0 Å². The number of rotatable bonds is 8. The zero-order valence-corrected chi connectivity index (χ0v) is 12.6. The molecule has 0 amide bonds. The third kappa shape index (κ3) is 6.95. The topological polar surface area (TPSA) is 20.2 Å². The van der Waals surface area contributed by atoms with Crippen LogP contribution in [0.1, 0.15) is 40.5 Å². The highest BCUT2D eigenvalue weighted by molar-refractivity contribution is 6.20. The van der Waals surface area contributed by atoms with Crippen molar-refractivity contribution < 1.29 is 22.0 Å². The molecular formula is C12H27Cl2NO. The number of hydrogen-bond acceptors (Lipinski definition) is 1. The quantitative estimate of drug-likeness (QED) is 0.472. The summed E-state index contributed by atoms with van der Waals surface area (Å²) in [6, 6.07) is 0. The summed E-state index contributed by atoms with van der Waals surface area (Å²) in [6.45, 7) is 12.5. The van der Waals surface area contributed by atoms with Crippen molar-refractivity contribution >= 4 is 11.6 Å². The molecule has 0 radical (unpaired) electrons. The molecule has 0 saturated carbocycles. The molecular weight excluding hydrogens is 245 g/mol. The molecule has 0 saturated heterocycles. The van der Waals surface area contributed by atoms with Gasteiger partial charge in [0.2, 0.25) is 0 Å². The fourth-order valence-corrected chi connectivity index (χ4v) is 2.17. The monoisotopic (exact) mass is 271 g/mol. The summed E-state index contributed by atoms with van der Waals surface area (Å²) in [4.78, 5) is 0. The largest absolute Gasteiger partial charge is 1.00 e. The van der Waals surface area contributed by atoms with Crippen LogP contribution in [0.4, 0.5) is 0 Å². The van der Waals surface area contributed by atoms with Crippen molar-refractivity contribution in [3.63, 3.8) is 0 Å². The molecule has 0 aromatic heterocycles. The van der Waals surface area contributed by atoms with E-state index in [0.29, 0.717) is 0 Å². The number of quaternary nitrogens is 1. The predicted octanol–water partition coefficient (Wildman–Crippen LogP) is -0.365. The van der Waals surface area contributed by atoms with Crippen LogP contribution in [0, 0.1) is 0 Å². The van der Waals surface area contributed by atoms with Crippen molar-refractivity contribution in [2.45, 2.75) is 52.0 Å². The van der Waals surface area contributed by atoms with Crippen molar-refractivity contribution in [1.82, 2.24) is 0 Å². The van der Waals surface area contributed by atoms with E-state index in [1.165, 1.54) is 0 Å². The number of aliphatic hydroxyl groups is 1. The number of nitrogens with zero attached hydrogens (tertiary/aromatic N) is 1. The normalized spacial score (nSPS) is 15.4. The highest BCUT2D eigenvalue weighted by Gasteiger charge is 2.25. The third-order valence-corrected chi connectivity index (χ3v) is 3.88. The smallest absolute Gasteiger partial charge is 0.105 e. The number of halogens is 2. The Bertz CT molecular complexity index is 161. The second-order valence-corrected chi connectivity index (χ2v) is 5.14. The lowest BCUT2D eigenvalue weighted by Crippen LogP contribution is -3.00. The van der Waals surface area contributed by atoms with Gasteiger partial charge < -0.3 is 22.0 Å². The molecule has 0 aromatic carbocycles. The highest BCUT2D eigenvalue weighted by Crippen LogP contribution is 2.14. The summed E-state index contributed by atoms with van der Waals surface area (Å²) in [5.41, 5.74) is 0. The third-order valence-electron chi connectivity index (χ3n) is 3.35. The van der Waals surface area contributed by atoms with Gasteiger partial charge in [-0.05, 0) is 27.2 Å². The van der Waals surface area contributed by atoms with Crippen LogP contribution >= 0.6 is 11.6 Å². The van der Waals surface area contributed by atoms with E-state index in [2.05, 4.69) is 20.8 Å². The molecule has 0 heterocycles. The van der Waals surface area contributed by atoms with Gasteiger partial charge in [0, 0.05) is 11.8 Å². The van der Waals surface area contributed by atoms with E-state index in [1.807, 2.05) is 6.92 Å². The van der Waals surface area contributed by atoms with Gasteiger partial charge in [-0.3, -0.25) is 0 Å². The highest BCUT2D eigenvalue weighted by atomic mass is 35.5. The Labute approximate surface area is 112 Å². The zero-order chi connectivity index (χ0) is 11.9. The SMILES string of the molecule is CCC(Cl)CC[N+](CC)(CC)CC(C)O.[Cl-]. The first-order valence-corrected chi connectivity index (χ1v) is 6.60. The maximum Gasteiger partial charge on any atom is 0.105 e. The van der Waals surface area contributed by atoms with Gasteiger partial charge in [0.05, 0.1) is 19.6 Å². The maximum atomic E-state index is 9.52. The molecule has 0 fully saturated rings. The molecule has 0 bridgehead atoms. The molecule has 0 aromatic rings. The van der Waals surface area contributed by atoms with Crippen LogP contribution in [0.15, 0.2) is 0 Å². The van der Waals surface area contributed by atoms with Gasteiger partial charge in [-0.25, -0.2) is 0 Å². The summed E-state index contributed by atoms with van der Waals surface area (Å²) < 4.78 is 0.987. The molecule has 16 heavy (non-hydrogen) atoms. The van der Waals surface area contributed by atoms with Crippen molar-refractivity contribution in [1.29, 1.82) is 0 Å². The Morgan fingerprint density at radius 1 is 1.19 bits per heavy atom. The lowest BCUT2D eigenvalue weighted by atomic mass is 10.2. The van der Waals surface area contributed by atoms with E-state index in [4.69, 9.17) is 11.6 Å². The molecule has 1 N–H and O–H groups in total. The molecule has 0 aliphatic rings. The minimum atomic E-state index is -0.222. The van der Waals surface area contributed by atoms with Crippen molar-refractivity contribution in [3.05, 3.63) is 0 Å². The Morgan fingerprint density at radius 3 is 2.00 bits per heavy atom. The van der Waals surface area contributed by atoms with Gasteiger partial charge in [0.1, 0.15) is 12.6 Å². The number of aliphatic hydroxyl groups excluding tert-OH is 1. The Morgan fingerprint density at radius 2 is 1.69 bits per heavy atom. The first-order chi connectivity index (χ1) is 6.99. The van der Waals surface area contributed by atoms with Crippen molar-refractivity contribution in [2.24, 2.45) is 0 Å². The average molecular weight is 272 g/mol. The van der Waals surface area contributed by atoms with E-state index in [9.17, 15) is 5.11 Å². The van der Waals surface area contributed by atoms with E-state index >= 15 is 0 Å². The summed E-state index contributed by atoms with van der Waals surface area (Å²) in [5.74, 6) is 0. The second kappa shape index (κ2) is 9.52.